The number of rotatable bonds is 2. The number of hydrogen-bond donors (Lipinski definition) is 1. The molecule has 15 heavy (non-hydrogen) atoms. The van der Waals surface area contributed by atoms with Crippen molar-refractivity contribution in [2.24, 2.45) is 0 Å². The zero-order chi connectivity index (χ0) is 10.7. The van der Waals surface area contributed by atoms with Gasteiger partial charge in [0.05, 0.1) is 0 Å². The van der Waals surface area contributed by atoms with Gasteiger partial charge >= 0.3 is 0 Å². The predicted octanol–water partition coefficient (Wildman–Crippen LogP) is 0.973. The molecule has 0 unspecified atom stereocenters. The first-order valence-corrected chi connectivity index (χ1v) is 5.51. The van der Waals surface area contributed by atoms with E-state index in [0.29, 0.717) is 6.04 Å². The van der Waals surface area contributed by atoms with Gasteiger partial charge in [0.25, 0.3) is 0 Å². The van der Waals surface area contributed by atoms with Crippen molar-refractivity contribution in [1.29, 1.82) is 0 Å². The third-order valence-corrected chi connectivity index (χ3v) is 2.97. The van der Waals surface area contributed by atoms with Crippen molar-refractivity contribution in [3.63, 3.8) is 0 Å². The van der Waals surface area contributed by atoms with Crippen LogP contribution in [0.5, 0.6) is 0 Å². The van der Waals surface area contributed by atoms with Gasteiger partial charge in [0.15, 0.2) is 0 Å². The molecule has 0 aromatic carbocycles. The monoisotopic (exact) mass is 206 g/mol. The van der Waals surface area contributed by atoms with E-state index in [-0.39, 0.29) is 0 Å². The molecule has 0 amide bonds. The maximum absolute atomic E-state index is 4.44. The molecular formula is C11H18N4. The first-order valence-electron chi connectivity index (χ1n) is 5.51. The van der Waals surface area contributed by atoms with Gasteiger partial charge in [-0.1, -0.05) is 0 Å². The maximum atomic E-state index is 4.44. The molecule has 1 aromatic heterocycles. The fourth-order valence-electron chi connectivity index (χ4n) is 1.96. The van der Waals surface area contributed by atoms with Crippen molar-refractivity contribution in [3.05, 3.63) is 18.0 Å². The topological polar surface area (TPSA) is 41.0 Å². The van der Waals surface area contributed by atoms with Gasteiger partial charge in [0, 0.05) is 31.0 Å². The van der Waals surface area contributed by atoms with Gasteiger partial charge < -0.3 is 10.2 Å². The van der Waals surface area contributed by atoms with E-state index in [1.165, 1.54) is 12.8 Å². The second-order valence-electron chi connectivity index (χ2n) is 4.05. The van der Waals surface area contributed by atoms with Crippen LogP contribution in [0.4, 0.5) is 5.95 Å². The first kappa shape index (κ1) is 10.4. The fraction of sp³-hybridized carbons (Fsp3) is 0.636. The third kappa shape index (κ3) is 2.45. The molecule has 1 N–H and O–H groups in total. The molecule has 1 aliphatic heterocycles. The standard InChI is InChI=1S/C11H18N4/c1-9-3-6-13-11(14-9)15-7-4-10(12-2)5-8-15/h3,6,10,12H,4-5,7-8H2,1-2H3. The Kier molecular flexibility index (Phi) is 3.16. The number of nitrogens with one attached hydrogen (secondary N) is 1. The van der Waals surface area contributed by atoms with E-state index in [0.717, 1.165) is 24.7 Å². The lowest BCUT2D eigenvalue weighted by atomic mass is 10.1. The van der Waals surface area contributed by atoms with Crippen LogP contribution in [0.2, 0.25) is 0 Å². The van der Waals surface area contributed by atoms with Crippen LogP contribution in [-0.2, 0) is 0 Å². The molecule has 1 fully saturated rings. The van der Waals surface area contributed by atoms with Crippen molar-refractivity contribution in [3.8, 4) is 0 Å². The minimum atomic E-state index is 0.658. The Morgan fingerprint density at radius 3 is 2.73 bits per heavy atom. The van der Waals surface area contributed by atoms with Crippen LogP contribution in [0, 0.1) is 6.92 Å². The minimum Gasteiger partial charge on any atom is -0.341 e. The predicted molar refractivity (Wildman–Crippen MR) is 61.1 cm³/mol. The summed E-state index contributed by atoms with van der Waals surface area (Å²) in [6.07, 6.45) is 4.18. The Labute approximate surface area is 90.7 Å². The average molecular weight is 206 g/mol. The lowest BCUT2D eigenvalue weighted by Gasteiger charge is -2.31. The molecule has 0 aliphatic carbocycles. The van der Waals surface area contributed by atoms with Crippen LogP contribution in [0.25, 0.3) is 0 Å². The summed E-state index contributed by atoms with van der Waals surface area (Å²) in [5.74, 6) is 0.879. The highest BCUT2D eigenvalue weighted by molar-refractivity contribution is 5.30. The van der Waals surface area contributed by atoms with E-state index < -0.39 is 0 Å². The van der Waals surface area contributed by atoms with Crippen LogP contribution in [0.15, 0.2) is 12.3 Å². The molecule has 0 atom stereocenters. The SMILES string of the molecule is CNC1CCN(c2nccc(C)n2)CC1. The Balaban J connectivity index is 2.01. The van der Waals surface area contributed by atoms with E-state index >= 15 is 0 Å². The van der Waals surface area contributed by atoms with Crippen LogP contribution < -0.4 is 10.2 Å². The Bertz CT molecular complexity index is 318. The molecule has 1 aliphatic rings. The molecule has 1 saturated heterocycles. The van der Waals surface area contributed by atoms with Crippen LogP contribution in [0.1, 0.15) is 18.5 Å². The van der Waals surface area contributed by atoms with Gasteiger partial charge in [0.1, 0.15) is 0 Å². The van der Waals surface area contributed by atoms with Gasteiger partial charge in [-0.15, -0.1) is 0 Å². The molecular weight excluding hydrogens is 188 g/mol. The number of anilines is 1. The van der Waals surface area contributed by atoms with Gasteiger partial charge in [0.2, 0.25) is 5.95 Å². The molecule has 2 rings (SSSR count). The molecule has 1 aromatic rings. The molecule has 0 radical (unpaired) electrons. The van der Waals surface area contributed by atoms with E-state index in [1.54, 1.807) is 0 Å². The molecule has 0 bridgehead atoms. The summed E-state index contributed by atoms with van der Waals surface area (Å²) >= 11 is 0. The molecule has 2 heterocycles. The largest absolute Gasteiger partial charge is 0.341 e. The molecule has 4 heteroatoms. The van der Waals surface area contributed by atoms with E-state index in [9.17, 15) is 0 Å². The quantitative estimate of drug-likeness (QED) is 0.783. The fourth-order valence-corrected chi connectivity index (χ4v) is 1.96. The summed E-state index contributed by atoms with van der Waals surface area (Å²) < 4.78 is 0. The second-order valence-corrected chi connectivity index (χ2v) is 4.05. The smallest absolute Gasteiger partial charge is 0.225 e. The third-order valence-electron chi connectivity index (χ3n) is 2.97. The van der Waals surface area contributed by atoms with Crippen molar-refractivity contribution < 1.29 is 0 Å². The highest BCUT2D eigenvalue weighted by Crippen LogP contribution is 2.15. The van der Waals surface area contributed by atoms with Crippen LogP contribution in [-0.4, -0.2) is 36.1 Å². The summed E-state index contributed by atoms with van der Waals surface area (Å²) in [7, 11) is 2.03. The molecule has 4 nitrogen and oxygen atoms in total. The van der Waals surface area contributed by atoms with Crippen LogP contribution in [0.3, 0.4) is 0 Å². The number of nitrogens with zero attached hydrogens (tertiary/aromatic N) is 3. The number of aryl methyl sites for hydroxylation is 1. The summed E-state index contributed by atoms with van der Waals surface area (Å²) in [4.78, 5) is 11.0. The lowest BCUT2D eigenvalue weighted by molar-refractivity contribution is 0.438. The number of piperidine rings is 1. The Hall–Kier alpha value is -1.16. The minimum absolute atomic E-state index is 0.658. The highest BCUT2D eigenvalue weighted by atomic mass is 15.3. The van der Waals surface area contributed by atoms with E-state index in [4.69, 9.17) is 0 Å². The van der Waals surface area contributed by atoms with E-state index in [1.807, 2.05) is 26.2 Å². The normalized spacial score (nSPS) is 18.1. The van der Waals surface area contributed by atoms with Gasteiger partial charge in [-0.05, 0) is 32.9 Å². The summed E-state index contributed by atoms with van der Waals surface area (Å²) in [5, 5.41) is 3.32. The zero-order valence-electron chi connectivity index (χ0n) is 9.40. The van der Waals surface area contributed by atoms with Crippen molar-refractivity contribution >= 4 is 5.95 Å². The zero-order valence-corrected chi connectivity index (χ0v) is 9.40. The van der Waals surface area contributed by atoms with Crippen LogP contribution >= 0.6 is 0 Å². The Morgan fingerprint density at radius 2 is 2.13 bits per heavy atom. The second kappa shape index (κ2) is 4.57. The van der Waals surface area contributed by atoms with Gasteiger partial charge in [-0.3, -0.25) is 0 Å². The van der Waals surface area contributed by atoms with Gasteiger partial charge in [-0.2, -0.15) is 0 Å². The average Bonchev–Trinajstić information content (AvgIpc) is 2.29. The Morgan fingerprint density at radius 1 is 1.40 bits per heavy atom. The van der Waals surface area contributed by atoms with Crippen molar-refractivity contribution in [1.82, 2.24) is 15.3 Å². The van der Waals surface area contributed by atoms with Crippen molar-refractivity contribution in [2.75, 3.05) is 25.0 Å². The number of aromatic nitrogens is 2. The lowest BCUT2D eigenvalue weighted by Crippen LogP contribution is -2.41. The maximum Gasteiger partial charge on any atom is 0.225 e. The highest BCUT2D eigenvalue weighted by Gasteiger charge is 2.19. The molecule has 82 valence electrons. The first-order chi connectivity index (χ1) is 7.29. The van der Waals surface area contributed by atoms with Crippen molar-refractivity contribution in [2.45, 2.75) is 25.8 Å². The summed E-state index contributed by atoms with van der Waals surface area (Å²) in [6, 6.07) is 2.59. The van der Waals surface area contributed by atoms with E-state index in [2.05, 4.69) is 20.2 Å². The number of hydrogen-bond acceptors (Lipinski definition) is 4. The summed E-state index contributed by atoms with van der Waals surface area (Å²) in [6.45, 7) is 4.11. The molecule has 0 spiro atoms. The summed E-state index contributed by atoms with van der Waals surface area (Å²) in [5.41, 5.74) is 1.04. The van der Waals surface area contributed by atoms with Gasteiger partial charge in [-0.25, -0.2) is 9.97 Å². The molecule has 0 saturated carbocycles.